The second kappa shape index (κ2) is 8.28. The number of anilines is 1. The Morgan fingerprint density at radius 1 is 1.28 bits per heavy atom. The third-order valence-electron chi connectivity index (χ3n) is 5.38. The monoisotopic (exact) mass is 442 g/mol. The van der Waals surface area contributed by atoms with Gasteiger partial charge in [0, 0.05) is 23.2 Å². The number of hydrogen-bond acceptors (Lipinski definition) is 5. The molecule has 1 amide bonds. The number of hydrogen-bond donors (Lipinski definition) is 2. The minimum Gasteiger partial charge on any atom is -0.385 e. The molecule has 0 spiro atoms. The molecule has 6 nitrogen and oxygen atoms in total. The van der Waals surface area contributed by atoms with Crippen LogP contribution in [0.25, 0.3) is 0 Å². The molecule has 1 aromatic carbocycles. The molecule has 1 aromatic heterocycles. The Morgan fingerprint density at radius 2 is 2.06 bits per heavy atom. The quantitative estimate of drug-likeness (QED) is 0.713. The van der Waals surface area contributed by atoms with Gasteiger partial charge in [0.1, 0.15) is 24.7 Å². The Hall–Kier alpha value is -3.38. The first-order valence-corrected chi connectivity index (χ1v) is 10.1. The molecule has 1 fully saturated rings. The van der Waals surface area contributed by atoms with Gasteiger partial charge < -0.3 is 15.8 Å². The summed E-state index contributed by atoms with van der Waals surface area (Å²) in [6, 6.07) is 6.93. The topological polar surface area (TPSA) is 89.6 Å². The molecule has 3 N–H and O–H groups in total. The number of halogens is 3. The van der Waals surface area contributed by atoms with Gasteiger partial charge in [-0.05, 0) is 38.0 Å². The van der Waals surface area contributed by atoms with E-state index in [1.807, 2.05) is 0 Å². The molecular formula is C23H21F3N4O2. The van der Waals surface area contributed by atoms with Crippen LogP contribution in [0.2, 0.25) is 0 Å². The van der Waals surface area contributed by atoms with Crippen LogP contribution in [0.1, 0.15) is 41.4 Å². The van der Waals surface area contributed by atoms with Gasteiger partial charge in [-0.1, -0.05) is 24.0 Å². The van der Waals surface area contributed by atoms with Crippen molar-refractivity contribution in [2.45, 2.75) is 31.2 Å². The van der Waals surface area contributed by atoms with Crippen molar-refractivity contribution in [3.63, 3.8) is 0 Å². The number of amides is 1. The number of carbonyl (C=O) groups excluding carboxylic acids is 1. The van der Waals surface area contributed by atoms with Crippen LogP contribution in [-0.4, -0.2) is 35.9 Å². The average Bonchev–Trinajstić information content (AvgIpc) is 3.58. The molecular weight excluding hydrogens is 421 g/mol. The molecule has 2 heterocycles. The van der Waals surface area contributed by atoms with E-state index in [1.54, 1.807) is 6.07 Å². The molecule has 0 bridgehead atoms. The van der Waals surface area contributed by atoms with E-state index < -0.39 is 35.4 Å². The number of nitrogens with one attached hydrogen (secondary N) is 1. The zero-order valence-electron chi connectivity index (χ0n) is 17.3. The third kappa shape index (κ3) is 4.32. The SMILES string of the molecule is C[C@]1(c2cccc(NC(=O)c3ccc(C#CC4CC4)cn3)c2F)N=C(N)COCC1(F)F. The van der Waals surface area contributed by atoms with Crippen molar-refractivity contribution in [2.75, 3.05) is 18.5 Å². The summed E-state index contributed by atoms with van der Waals surface area (Å²) in [5.74, 6) is 1.09. The minimum atomic E-state index is -3.53. The second-order valence-electron chi connectivity index (χ2n) is 7.97. The number of amidine groups is 1. The summed E-state index contributed by atoms with van der Waals surface area (Å²) in [4.78, 5) is 20.5. The fraction of sp³-hybridized carbons (Fsp3) is 0.348. The van der Waals surface area contributed by atoms with E-state index in [9.17, 15) is 13.6 Å². The van der Waals surface area contributed by atoms with Crippen molar-refractivity contribution in [3.05, 3.63) is 59.2 Å². The van der Waals surface area contributed by atoms with Crippen molar-refractivity contribution < 1.29 is 22.7 Å². The fourth-order valence-corrected chi connectivity index (χ4v) is 3.29. The van der Waals surface area contributed by atoms with E-state index in [0.29, 0.717) is 11.5 Å². The van der Waals surface area contributed by atoms with Crippen LogP contribution in [-0.2, 0) is 10.3 Å². The van der Waals surface area contributed by atoms with Crippen LogP contribution in [0.5, 0.6) is 0 Å². The molecule has 1 aliphatic heterocycles. The number of aliphatic imine (C=N–C) groups is 1. The largest absolute Gasteiger partial charge is 0.385 e. The van der Waals surface area contributed by atoms with Crippen LogP contribution < -0.4 is 11.1 Å². The number of rotatable bonds is 3. The van der Waals surface area contributed by atoms with Crippen molar-refractivity contribution >= 4 is 17.4 Å². The molecule has 9 heteroatoms. The first-order valence-electron chi connectivity index (χ1n) is 10.1. The van der Waals surface area contributed by atoms with Gasteiger partial charge >= 0.3 is 0 Å². The molecule has 166 valence electrons. The Morgan fingerprint density at radius 3 is 2.75 bits per heavy atom. The Balaban J connectivity index is 1.59. The zero-order chi connectivity index (χ0) is 22.9. The average molecular weight is 442 g/mol. The van der Waals surface area contributed by atoms with Crippen molar-refractivity contribution in [2.24, 2.45) is 16.6 Å². The summed E-state index contributed by atoms with van der Waals surface area (Å²) in [5.41, 5.74) is 3.36. The standard InChI is InChI=1S/C23H21F3N4O2/c1-22(23(25,26)13-32-12-19(27)30-22)16-3-2-4-17(20(16)24)29-21(31)18-10-9-15(11-28-18)8-7-14-5-6-14/h2-4,9-11,14H,5-6,12-13H2,1H3,(H2,27,30)(H,29,31)/t22-/m1/s1. The number of benzene rings is 1. The lowest BCUT2D eigenvalue weighted by molar-refractivity contribution is -0.116. The molecule has 2 aliphatic rings. The second-order valence-corrected chi connectivity index (χ2v) is 7.97. The van der Waals surface area contributed by atoms with Crippen molar-refractivity contribution in [1.29, 1.82) is 0 Å². The number of alkyl halides is 2. The summed E-state index contributed by atoms with van der Waals surface area (Å²) in [6.07, 6.45) is 3.66. The molecule has 0 unspecified atom stereocenters. The number of nitrogens with zero attached hydrogens (tertiary/aromatic N) is 2. The highest BCUT2D eigenvalue weighted by Gasteiger charge is 2.54. The minimum absolute atomic E-state index is 0.0356. The molecule has 32 heavy (non-hydrogen) atoms. The maximum atomic E-state index is 15.3. The molecule has 1 saturated carbocycles. The summed E-state index contributed by atoms with van der Waals surface area (Å²) >= 11 is 0. The van der Waals surface area contributed by atoms with Gasteiger partial charge in [0.15, 0.2) is 11.4 Å². The van der Waals surface area contributed by atoms with E-state index in [0.717, 1.165) is 19.8 Å². The highest BCUT2D eigenvalue weighted by Crippen LogP contribution is 2.44. The molecule has 0 saturated heterocycles. The van der Waals surface area contributed by atoms with Gasteiger partial charge in [-0.25, -0.2) is 18.2 Å². The maximum absolute atomic E-state index is 15.3. The van der Waals surface area contributed by atoms with Crippen LogP contribution in [0, 0.1) is 23.6 Å². The molecule has 1 atom stereocenters. The van der Waals surface area contributed by atoms with Crippen molar-refractivity contribution in [1.82, 2.24) is 4.98 Å². The van der Waals surface area contributed by atoms with Crippen LogP contribution >= 0.6 is 0 Å². The normalized spacial score (nSPS) is 22.2. The Labute approximate surface area is 183 Å². The molecule has 2 aromatic rings. The van der Waals surface area contributed by atoms with Gasteiger partial charge in [-0.3, -0.25) is 9.79 Å². The number of nitrogens with two attached hydrogens (primary N) is 1. The molecule has 4 rings (SSSR count). The van der Waals surface area contributed by atoms with E-state index in [4.69, 9.17) is 10.5 Å². The Kier molecular flexibility index (Phi) is 5.65. The van der Waals surface area contributed by atoms with Gasteiger partial charge in [0.25, 0.3) is 11.8 Å². The van der Waals surface area contributed by atoms with Gasteiger partial charge in [0.2, 0.25) is 0 Å². The van der Waals surface area contributed by atoms with Gasteiger partial charge in [0.05, 0.1) is 5.69 Å². The van der Waals surface area contributed by atoms with Crippen LogP contribution in [0.15, 0.2) is 41.5 Å². The lowest BCUT2D eigenvalue weighted by Crippen LogP contribution is -2.45. The first kappa shape index (κ1) is 21.8. The predicted octanol–water partition coefficient (Wildman–Crippen LogP) is 3.47. The summed E-state index contributed by atoms with van der Waals surface area (Å²) in [6.45, 7) is -0.166. The maximum Gasteiger partial charge on any atom is 0.299 e. The van der Waals surface area contributed by atoms with Gasteiger partial charge in [-0.15, -0.1) is 0 Å². The summed E-state index contributed by atoms with van der Waals surface area (Å²) in [5, 5.41) is 2.39. The third-order valence-corrected chi connectivity index (χ3v) is 5.38. The summed E-state index contributed by atoms with van der Waals surface area (Å²) < 4.78 is 49.8. The highest BCUT2D eigenvalue weighted by atomic mass is 19.3. The van der Waals surface area contributed by atoms with Crippen LogP contribution in [0.3, 0.4) is 0 Å². The smallest absolute Gasteiger partial charge is 0.299 e. The number of ether oxygens (including phenoxy) is 1. The number of aromatic nitrogens is 1. The fourth-order valence-electron chi connectivity index (χ4n) is 3.29. The van der Waals surface area contributed by atoms with E-state index in [2.05, 4.69) is 27.1 Å². The van der Waals surface area contributed by atoms with E-state index in [1.165, 1.54) is 30.5 Å². The van der Waals surface area contributed by atoms with Gasteiger partial charge in [-0.2, -0.15) is 0 Å². The van der Waals surface area contributed by atoms with Crippen molar-refractivity contribution in [3.8, 4) is 11.8 Å². The number of pyridine rings is 1. The van der Waals surface area contributed by atoms with Crippen LogP contribution in [0.4, 0.5) is 18.9 Å². The van der Waals surface area contributed by atoms with E-state index >= 15 is 4.39 Å². The molecule has 1 aliphatic carbocycles. The Bertz CT molecular complexity index is 1130. The highest BCUT2D eigenvalue weighted by molar-refractivity contribution is 6.03. The lowest BCUT2D eigenvalue weighted by Gasteiger charge is -2.33. The molecule has 0 radical (unpaired) electrons. The predicted molar refractivity (Wildman–Crippen MR) is 113 cm³/mol. The summed E-state index contributed by atoms with van der Waals surface area (Å²) in [7, 11) is 0. The lowest BCUT2D eigenvalue weighted by atomic mass is 9.85. The first-order chi connectivity index (χ1) is 15.2. The number of carbonyl (C=O) groups is 1. The zero-order valence-corrected chi connectivity index (χ0v) is 17.3. The van der Waals surface area contributed by atoms with E-state index in [-0.39, 0.29) is 23.8 Å².